The van der Waals surface area contributed by atoms with Crippen molar-refractivity contribution < 1.29 is 22.7 Å². The second kappa shape index (κ2) is 7.58. The predicted molar refractivity (Wildman–Crippen MR) is 60.2 cm³/mol. The van der Waals surface area contributed by atoms with E-state index in [9.17, 15) is 18.0 Å². The van der Waals surface area contributed by atoms with Crippen LogP contribution in [0.5, 0.6) is 0 Å². The van der Waals surface area contributed by atoms with Crippen molar-refractivity contribution in [3.05, 3.63) is 0 Å². The van der Waals surface area contributed by atoms with E-state index in [1.54, 1.807) is 4.90 Å². The van der Waals surface area contributed by atoms with Gasteiger partial charge in [-0.25, -0.2) is 0 Å². The molecule has 1 aliphatic heterocycles. The van der Waals surface area contributed by atoms with E-state index in [4.69, 9.17) is 4.74 Å². The minimum Gasteiger partial charge on any atom is -0.378 e. The Morgan fingerprint density at radius 2 is 1.89 bits per heavy atom. The summed E-state index contributed by atoms with van der Waals surface area (Å²) >= 11 is 0. The van der Waals surface area contributed by atoms with Crippen molar-refractivity contribution in [2.75, 3.05) is 39.4 Å². The lowest BCUT2D eigenvalue weighted by Crippen LogP contribution is -2.44. The summed E-state index contributed by atoms with van der Waals surface area (Å²) in [5.74, 6) is -0.0193. The minimum absolute atomic E-state index is 0.0193. The van der Waals surface area contributed by atoms with Gasteiger partial charge < -0.3 is 15.0 Å². The molecule has 0 bridgehead atoms. The van der Waals surface area contributed by atoms with Gasteiger partial charge in [-0.1, -0.05) is 0 Å². The molecule has 0 aromatic carbocycles. The van der Waals surface area contributed by atoms with Gasteiger partial charge in [0.15, 0.2) is 0 Å². The first kappa shape index (κ1) is 15.2. The second-order valence-electron chi connectivity index (χ2n) is 4.24. The second-order valence-corrected chi connectivity index (χ2v) is 4.24. The number of hydrogen-bond acceptors (Lipinski definition) is 3. The summed E-state index contributed by atoms with van der Waals surface area (Å²) in [5.41, 5.74) is 0. The van der Waals surface area contributed by atoms with Crippen LogP contribution in [0.15, 0.2) is 0 Å². The smallest absolute Gasteiger partial charge is 0.378 e. The van der Waals surface area contributed by atoms with E-state index in [-0.39, 0.29) is 18.9 Å². The number of carbonyl (C=O) groups excluding carboxylic acids is 1. The van der Waals surface area contributed by atoms with Gasteiger partial charge in [-0.05, 0) is 19.4 Å². The maximum atomic E-state index is 11.8. The Morgan fingerprint density at radius 1 is 1.22 bits per heavy atom. The number of unbranched alkanes of at least 4 members (excludes halogenated alkanes) is 1. The number of hydrogen-bond donors (Lipinski definition) is 1. The van der Waals surface area contributed by atoms with Crippen LogP contribution in [0.3, 0.4) is 0 Å². The predicted octanol–water partition coefficient (Wildman–Crippen LogP) is 1.17. The first-order valence-electron chi connectivity index (χ1n) is 6.12. The fraction of sp³-hybridized carbons (Fsp3) is 0.909. The molecule has 1 rings (SSSR count). The van der Waals surface area contributed by atoms with Crippen LogP contribution in [-0.4, -0.2) is 56.4 Å². The highest BCUT2D eigenvalue weighted by Gasteiger charge is 2.25. The van der Waals surface area contributed by atoms with Gasteiger partial charge in [0.25, 0.3) is 0 Å². The zero-order valence-electron chi connectivity index (χ0n) is 10.3. The van der Waals surface area contributed by atoms with E-state index in [2.05, 4.69) is 5.32 Å². The lowest BCUT2D eigenvalue weighted by Gasteiger charge is -2.26. The van der Waals surface area contributed by atoms with Gasteiger partial charge in [0, 0.05) is 19.5 Å². The molecular weight excluding hydrogens is 249 g/mol. The van der Waals surface area contributed by atoms with Crippen molar-refractivity contribution in [3.63, 3.8) is 0 Å². The molecule has 0 saturated carbocycles. The maximum Gasteiger partial charge on any atom is 0.389 e. The maximum absolute atomic E-state index is 11.8. The number of nitrogens with one attached hydrogen (secondary N) is 1. The molecule has 4 nitrogen and oxygen atoms in total. The zero-order chi connectivity index (χ0) is 13.4. The van der Waals surface area contributed by atoms with Crippen molar-refractivity contribution in [2.45, 2.75) is 25.4 Å². The molecule has 0 atom stereocenters. The van der Waals surface area contributed by atoms with Gasteiger partial charge in [0.2, 0.25) is 5.91 Å². The topological polar surface area (TPSA) is 41.6 Å². The van der Waals surface area contributed by atoms with Crippen LogP contribution in [0.2, 0.25) is 0 Å². The van der Waals surface area contributed by atoms with E-state index < -0.39 is 12.6 Å². The fourth-order valence-corrected chi connectivity index (χ4v) is 1.70. The number of morpholine rings is 1. The summed E-state index contributed by atoms with van der Waals surface area (Å²) in [5, 5.41) is 2.87. The SMILES string of the molecule is O=C(CNCCCCC(F)(F)F)N1CCOCC1. The van der Waals surface area contributed by atoms with Crippen molar-refractivity contribution in [3.8, 4) is 0 Å². The number of ether oxygens (including phenoxy) is 1. The molecule has 1 saturated heterocycles. The summed E-state index contributed by atoms with van der Waals surface area (Å²) in [7, 11) is 0. The van der Waals surface area contributed by atoms with Crippen LogP contribution in [0.1, 0.15) is 19.3 Å². The van der Waals surface area contributed by atoms with Crippen molar-refractivity contribution in [2.24, 2.45) is 0 Å². The van der Waals surface area contributed by atoms with E-state index in [0.29, 0.717) is 39.3 Å². The molecule has 1 heterocycles. The molecule has 0 spiro atoms. The Hall–Kier alpha value is -0.820. The van der Waals surface area contributed by atoms with Crippen LogP contribution in [-0.2, 0) is 9.53 Å². The van der Waals surface area contributed by atoms with Gasteiger partial charge in [-0.15, -0.1) is 0 Å². The standard InChI is InChI=1S/C11H19F3N2O2/c12-11(13,14)3-1-2-4-15-9-10(17)16-5-7-18-8-6-16/h15H,1-9H2. The first-order valence-corrected chi connectivity index (χ1v) is 6.12. The average Bonchev–Trinajstić information content (AvgIpc) is 2.33. The third-order valence-electron chi connectivity index (χ3n) is 2.70. The Morgan fingerprint density at radius 3 is 2.50 bits per heavy atom. The normalized spacial score (nSPS) is 16.9. The molecule has 0 aliphatic carbocycles. The Balaban J connectivity index is 1.98. The molecule has 7 heteroatoms. The highest BCUT2D eigenvalue weighted by atomic mass is 19.4. The van der Waals surface area contributed by atoms with E-state index >= 15 is 0 Å². The number of halogens is 3. The van der Waals surface area contributed by atoms with Crippen LogP contribution in [0.25, 0.3) is 0 Å². The lowest BCUT2D eigenvalue weighted by molar-refractivity contribution is -0.136. The number of alkyl halides is 3. The molecule has 0 aromatic rings. The molecular formula is C11H19F3N2O2. The summed E-state index contributed by atoms with van der Waals surface area (Å²) < 4.78 is 40.6. The fourth-order valence-electron chi connectivity index (χ4n) is 1.70. The molecule has 1 N–H and O–H groups in total. The zero-order valence-corrected chi connectivity index (χ0v) is 10.3. The Bertz CT molecular complexity index is 253. The van der Waals surface area contributed by atoms with E-state index in [1.165, 1.54) is 0 Å². The van der Waals surface area contributed by atoms with Gasteiger partial charge in [0.05, 0.1) is 19.8 Å². The molecule has 0 unspecified atom stereocenters. The first-order chi connectivity index (χ1) is 8.49. The average molecular weight is 268 g/mol. The molecule has 18 heavy (non-hydrogen) atoms. The largest absolute Gasteiger partial charge is 0.389 e. The number of amides is 1. The van der Waals surface area contributed by atoms with Gasteiger partial charge in [-0.2, -0.15) is 13.2 Å². The van der Waals surface area contributed by atoms with Crippen molar-refractivity contribution >= 4 is 5.91 Å². The van der Waals surface area contributed by atoms with Crippen LogP contribution < -0.4 is 5.32 Å². The van der Waals surface area contributed by atoms with Crippen molar-refractivity contribution in [1.82, 2.24) is 10.2 Å². The molecule has 1 fully saturated rings. The van der Waals surface area contributed by atoms with Crippen LogP contribution >= 0.6 is 0 Å². The number of nitrogens with zero attached hydrogens (tertiary/aromatic N) is 1. The summed E-state index contributed by atoms with van der Waals surface area (Å²) in [6.07, 6.45) is -4.31. The van der Waals surface area contributed by atoms with Crippen LogP contribution in [0, 0.1) is 0 Å². The number of rotatable bonds is 6. The minimum atomic E-state index is -4.08. The Kier molecular flexibility index (Phi) is 6.42. The summed E-state index contributed by atoms with van der Waals surface area (Å²) in [6, 6.07) is 0. The molecule has 1 amide bonds. The van der Waals surface area contributed by atoms with E-state index in [0.717, 1.165) is 0 Å². The van der Waals surface area contributed by atoms with E-state index in [1.807, 2.05) is 0 Å². The van der Waals surface area contributed by atoms with Gasteiger partial charge >= 0.3 is 6.18 Å². The molecule has 0 radical (unpaired) electrons. The van der Waals surface area contributed by atoms with Crippen LogP contribution in [0.4, 0.5) is 13.2 Å². The monoisotopic (exact) mass is 268 g/mol. The molecule has 0 aromatic heterocycles. The highest BCUT2D eigenvalue weighted by molar-refractivity contribution is 5.78. The quantitative estimate of drug-likeness (QED) is 0.735. The summed E-state index contributed by atoms with van der Waals surface area (Å²) in [4.78, 5) is 13.3. The molecule has 106 valence electrons. The van der Waals surface area contributed by atoms with Crippen molar-refractivity contribution in [1.29, 1.82) is 0 Å². The Labute approximate surface area is 104 Å². The molecule has 1 aliphatic rings. The van der Waals surface area contributed by atoms with Gasteiger partial charge in [0.1, 0.15) is 0 Å². The highest BCUT2D eigenvalue weighted by Crippen LogP contribution is 2.21. The third kappa shape index (κ3) is 6.80. The number of carbonyl (C=O) groups is 1. The lowest BCUT2D eigenvalue weighted by atomic mass is 10.2. The summed E-state index contributed by atoms with van der Waals surface area (Å²) in [6.45, 7) is 2.91. The third-order valence-corrected chi connectivity index (χ3v) is 2.70. The van der Waals surface area contributed by atoms with Gasteiger partial charge in [-0.3, -0.25) is 4.79 Å².